The van der Waals surface area contributed by atoms with E-state index >= 15 is 0 Å². The van der Waals surface area contributed by atoms with Crippen LogP contribution in [-0.2, 0) is 5.41 Å². The zero-order chi connectivity index (χ0) is 14.3. The van der Waals surface area contributed by atoms with Gasteiger partial charge in [-0.2, -0.15) is 17.0 Å². The number of thioether (sulfide) groups is 1. The minimum absolute atomic E-state index is 0.275. The minimum atomic E-state index is -0.275. The van der Waals surface area contributed by atoms with E-state index in [9.17, 15) is 5.26 Å². The van der Waals surface area contributed by atoms with Crippen molar-refractivity contribution in [1.82, 2.24) is 5.32 Å². The highest BCUT2D eigenvalue weighted by Gasteiger charge is 2.45. The van der Waals surface area contributed by atoms with Crippen molar-refractivity contribution < 1.29 is 5.11 Å². The van der Waals surface area contributed by atoms with Gasteiger partial charge in [0.25, 0.3) is 0 Å². The topological polar surface area (TPSA) is 56.0 Å². The molecule has 0 spiro atoms. The molecule has 1 aromatic rings. The highest BCUT2D eigenvalue weighted by Crippen LogP contribution is 2.43. The van der Waals surface area contributed by atoms with Crippen LogP contribution in [0.1, 0.15) is 24.8 Å². The molecule has 108 valence electrons. The van der Waals surface area contributed by atoms with Gasteiger partial charge in [-0.1, -0.05) is 30.3 Å². The second kappa shape index (κ2) is 7.68. The summed E-state index contributed by atoms with van der Waals surface area (Å²) >= 11 is 1.87. The number of aliphatic hydroxyl groups is 1. The summed E-state index contributed by atoms with van der Waals surface area (Å²) in [4.78, 5) is 0. The van der Waals surface area contributed by atoms with Gasteiger partial charge in [-0.05, 0) is 30.6 Å². The van der Waals surface area contributed by atoms with Crippen LogP contribution in [0.25, 0.3) is 0 Å². The third kappa shape index (κ3) is 3.76. The van der Waals surface area contributed by atoms with Crippen molar-refractivity contribution in [2.24, 2.45) is 0 Å². The van der Waals surface area contributed by atoms with E-state index in [0.717, 1.165) is 42.9 Å². The SMILES string of the molecule is N#CC1(c2ccccc2)CC(NCCSCCCO)C1. The van der Waals surface area contributed by atoms with Gasteiger partial charge in [0.05, 0.1) is 11.5 Å². The first kappa shape index (κ1) is 15.4. The Labute approximate surface area is 125 Å². The summed E-state index contributed by atoms with van der Waals surface area (Å²) in [6.07, 6.45) is 2.70. The van der Waals surface area contributed by atoms with Crippen LogP contribution < -0.4 is 5.32 Å². The number of hydrogen-bond donors (Lipinski definition) is 2. The molecule has 0 aromatic heterocycles. The molecule has 4 heteroatoms. The standard InChI is InChI=1S/C16H22N2OS/c17-13-16(14-5-2-1-3-6-14)11-15(12-16)18-7-10-20-9-4-8-19/h1-3,5-6,15,18-19H,4,7-12H2. The van der Waals surface area contributed by atoms with Crippen LogP contribution in [-0.4, -0.2) is 35.8 Å². The molecule has 1 saturated carbocycles. The maximum atomic E-state index is 9.47. The molecule has 2 rings (SSSR count). The lowest BCUT2D eigenvalue weighted by Gasteiger charge is -2.43. The summed E-state index contributed by atoms with van der Waals surface area (Å²) in [6.45, 7) is 1.27. The van der Waals surface area contributed by atoms with Gasteiger partial charge in [-0.25, -0.2) is 0 Å². The fourth-order valence-corrected chi connectivity index (χ4v) is 3.48. The van der Waals surface area contributed by atoms with Gasteiger partial charge in [0.1, 0.15) is 0 Å². The molecular formula is C16H22N2OS. The second-order valence-corrected chi connectivity index (χ2v) is 6.53. The van der Waals surface area contributed by atoms with E-state index < -0.39 is 0 Å². The van der Waals surface area contributed by atoms with E-state index in [1.165, 1.54) is 0 Å². The number of nitrogens with zero attached hydrogens (tertiary/aromatic N) is 1. The predicted octanol–water partition coefficient (Wildman–Crippen LogP) is 2.32. The van der Waals surface area contributed by atoms with Crippen molar-refractivity contribution in [2.75, 3.05) is 24.7 Å². The zero-order valence-corrected chi connectivity index (χ0v) is 12.5. The first-order chi connectivity index (χ1) is 9.80. The Morgan fingerprint density at radius 1 is 1.30 bits per heavy atom. The van der Waals surface area contributed by atoms with Crippen molar-refractivity contribution >= 4 is 11.8 Å². The number of nitrogens with one attached hydrogen (secondary N) is 1. The van der Waals surface area contributed by atoms with Gasteiger partial charge in [0.15, 0.2) is 0 Å². The second-order valence-electron chi connectivity index (χ2n) is 5.31. The lowest BCUT2D eigenvalue weighted by atomic mass is 9.62. The number of rotatable bonds is 8. The van der Waals surface area contributed by atoms with Crippen molar-refractivity contribution in [3.8, 4) is 6.07 Å². The van der Waals surface area contributed by atoms with E-state index in [1.54, 1.807) is 0 Å². The summed E-state index contributed by atoms with van der Waals surface area (Å²) in [5, 5.41) is 21.7. The quantitative estimate of drug-likeness (QED) is 0.721. The van der Waals surface area contributed by atoms with Crippen LogP contribution in [0.5, 0.6) is 0 Å². The molecule has 0 radical (unpaired) electrons. The van der Waals surface area contributed by atoms with E-state index in [-0.39, 0.29) is 12.0 Å². The normalized spacial score (nSPS) is 24.9. The number of benzene rings is 1. The van der Waals surface area contributed by atoms with Crippen LogP contribution in [0, 0.1) is 11.3 Å². The van der Waals surface area contributed by atoms with Crippen LogP contribution in [0.4, 0.5) is 0 Å². The Morgan fingerprint density at radius 2 is 2.05 bits per heavy atom. The molecule has 20 heavy (non-hydrogen) atoms. The Kier molecular flexibility index (Phi) is 5.90. The van der Waals surface area contributed by atoms with E-state index in [2.05, 4.69) is 23.5 Å². The van der Waals surface area contributed by atoms with Crippen LogP contribution in [0.2, 0.25) is 0 Å². The third-order valence-corrected chi connectivity index (χ3v) is 4.93. The first-order valence-electron chi connectivity index (χ1n) is 7.19. The molecule has 0 bridgehead atoms. The Morgan fingerprint density at radius 3 is 2.70 bits per heavy atom. The van der Waals surface area contributed by atoms with E-state index in [1.807, 2.05) is 30.0 Å². The molecule has 2 N–H and O–H groups in total. The Bertz CT molecular complexity index is 438. The van der Waals surface area contributed by atoms with E-state index in [0.29, 0.717) is 6.04 Å². The molecule has 0 heterocycles. The number of nitriles is 1. The molecule has 0 amide bonds. The maximum Gasteiger partial charge on any atom is 0.0852 e. The summed E-state index contributed by atoms with van der Waals surface area (Å²) < 4.78 is 0. The molecule has 1 fully saturated rings. The largest absolute Gasteiger partial charge is 0.396 e. The summed E-state index contributed by atoms with van der Waals surface area (Å²) in [6, 6.07) is 13.1. The molecular weight excluding hydrogens is 268 g/mol. The van der Waals surface area contributed by atoms with Gasteiger partial charge in [-0.3, -0.25) is 0 Å². The minimum Gasteiger partial charge on any atom is -0.396 e. The fourth-order valence-electron chi connectivity index (χ4n) is 2.68. The van der Waals surface area contributed by atoms with Crippen molar-refractivity contribution in [1.29, 1.82) is 5.26 Å². The van der Waals surface area contributed by atoms with Gasteiger partial charge in [0, 0.05) is 24.9 Å². The molecule has 0 saturated heterocycles. The van der Waals surface area contributed by atoms with E-state index in [4.69, 9.17) is 5.11 Å². The monoisotopic (exact) mass is 290 g/mol. The van der Waals surface area contributed by atoms with Gasteiger partial charge in [0.2, 0.25) is 0 Å². The average Bonchev–Trinajstić information content (AvgIpc) is 2.46. The molecule has 1 aliphatic carbocycles. The van der Waals surface area contributed by atoms with Crippen LogP contribution in [0.3, 0.4) is 0 Å². The Balaban J connectivity index is 1.69. The van der Waals surface area contributed by atoms with Crippen molar-refractivity contribution in [3.63, 3.8) is 0 Å². The third-order valence-electron chi connectivity index (χ3n) is 3.86. The molecule has 1 aromatic carbocycles. The van der Waals surface area contributed by atoms with Gasteiger partial charge >= 0.3 is 0 Å². The molecule has 0 unspecified atom stereocenters. The summed E-state index contributed by atoms with van der Waals surface area (Å²) in [5.41, 5.74) is 0.876. The lowest BCUT2D eigenvalue weighted by Crippen LogP contribution is -2.51. The predicted molar refractivity (Wildman–Crippen MR) is 83.8 cm³/mol. The lowest BCUT2D eigenvalue weighted by molar-refractivity contribution is 0.230. The molecule has 3 nitrogen and oxygen atoms in total. The highest BCUT2D eigenvalue weighted by atomic mass is 32.2. The van der Waals surface area contributed by atoms with Crippen molar-refractivity contribution in [3.05, 3.63) is 35.9 Å². The number of aliphatic hydroxyl groups excluding tert-OH is 1. The molecule has 1 aliphatic rings. The zero-order valence-electron chi connectivity index (χ0n) is 11.7. The highest BCUT2D eigenvalue weighted by molar-refractivity contribution is 7.99. The number of hydrogen-bond acceptors (Lipinski definition) is 4. The maximum absolute atomic E-state index is 9.47. The summed E-state index contributed by atoms with van der Waals surface area (Å²) in [5.74, 6) is 2.09. The molecule has 0 atom stereocenters. The van der Waals surface area contributed by atoms with Crippen molar-refractivity contribution in [2.45, 2.75) is 30.7 Å². The smallest absolute Gasteiger partial charge is 0.0852 e. The average molecular weight is 290 g/mol. The Hall–Kier alpha value is -1.02. The summed E-state index contributed by atoms with van der Waals surface area (Å²) in [7, 11) is 0. The van der Waals surface area contributed by atoms with Gasteiger partial charge < -0.3 is 10.4 Å². The fraction of sp³-hybridized carbons (Fsp3) is 0.562. The van der Waals surface area contributed by atoms with Crippen LogP contribution in [0.15, 0.2) is 30.3 Å². The van der Waals surface area contributed by atoms with Gasteiger partial charge in [-0.15, -0.1) is 0 Å². The first-order valence-corrected chi connectivity index (χ1v) is 8.35. The van der Waals surface area contributed by atoms with Crippen LogP contribution >= 0.6 is 11.8 Å². The molecule has 0 aliphatic heterocycles.